The van der Waals surface area contributed by atoms with Gasteiger partial charge in [0.05, 0.1) is 12.1 Å². The smallest absolute Gasteiger partial charge is 0.239 e. The summed E-state index contributed by atoms with van der Waals surface area (Å²) in [5.41, 5.74) is 5.90. The Morgan fingerprint density at radius 2 is 2.05 bits per heavy atom. The third-order valence-corrected chi connectivity index (χ3v) is 3.46. The number of carbonyl (C=O) groups is 1. The first-order chi connectivity index (χ1) is 8.69. The molecule has 1 aliphatic rings. The van der Waals surface area contributed by atoms with E-state index in [0.29, 0.717) is 6.10 Å². The second kappa shape index (κ2) is 10.5. The minimum Gasteiger partial charge on any atom is -0.378 e. The van der Waals surface area contributed by atoms with Gasteiger partial charge in [-0.25, -0.2) is 0 Å². The maximum Gasteiger partial charge on any atom is 0.239 e. The van der Waals surface area contributed by atoms with Gasteiger partial charge in [-0.3, -0.25) is 4.79 Å². The van der Waals surface area contributed by atoms with Gasteiger partial charge in [0.15, 0.2) is 0 Å². The van der Waals surface area contributed by atoms with Crippen LogP contribution in [0.25, 0.3) is 0 Å². The molecule has 5 heteroatoms. The first-order valence-electron chi connectivity index (χ1n) is 7.35. The summed E-state index contributed by atoms with van der Waals surface area (Å²) >= 11 is 0. The molecule has 4 nitrogen and oxygen atoms in total. The largest absolute Gasteiger partial charge is 0.378 e. The maximum atomic E-state index is 12.1. The Bertz CT molecular complexity index is 252. The van der Waals surface area contributed by atoms with Gasteiger partial charge >= 0.3 is 0 Å². The molecular formula is C14H29ClN2O2. The third-order valence-electron chi connectivity index (χ3n) is 3.46. The van der Waals surface area contributed by atoms with Crippen LogP contribution in [0.2, 0.25) is 0 Å². The van der Waals surface area contributed by atoms with Crippen molar-refractivity contribution in [3.63, 3.8) is 0 Å². The molecular weight excluding hydrogens is 264 g/mol. The number of carbonyl (C=O) groups excluding carboxylic acids is 1. The van der Waals surface area contributed by atoms with E-state index < -0.39 is 0 Å². The number of halogens is 1. The molecule has 0 bridgehead atoms. The zero-order valence-electron chi connectivity index (χ0n) is 12.3. The summed E-state index contributed by atoms with van der Waals surface area (Å²) in [5, 5.41) is 0. The summed E-state index contributed by atoms with van der Waals surface area (Å²) in [6.45, 7) is 6.64. The Hall–Kier alpha value is -0.320. The molecule has 0 aromatic heterocycles. The molecule has 1 saturated heterocycles. The van der Waals surface area contributed by atoms with Crippen LogP contribution in [0, 0.1) is 0 Å². The van der Waals surface area contributed by atoms with Gasteiger partial charge in [0.2, 0.25) is 5.91 Å². The fourth-order valence-corrected chi connectivity index (χ4v) is 2.41. The molecule has 2 N–H and O–H groups in total. The molecule has 19 heavy (non-hydrogen) atoms. The van der Waals surface area contributed by atoms with Crippen molar-refractivity contribution >= 4 is 18.3 Å². The van der Waals surface area contributed by atoms with Crippen molar-refractivity contribution in [3.8, 4) is 0 Å². The maximum absolute atomic E-state index is 12.1. The minimum absolute atomic E-state index is 0. The lowest BCUT2D eigenvalue weighted by Gasteiger charge is -2.24. The number of amides is 1. The van der Waals surface area contributed by atoms with Crippen molar-refractivity contribution in [2.45, 2.75) is 64.5 Å². The van der Waals surface area contributed by atoms with Crippen LogP contribution in [-0.4, -0.2) is 42.6 Å². The zero-order valence-corrected chi connectivity index (χ0v) is 13.1. The topological polar surface area (TPSA) is 55.6 Å². The fraction of sp³-hybridized carbons (Fsp3) is 0.929. The van der Waals surface area contributed by atoms with Crippen LogP contribution in [0.3, 0.4) is 0 Å². The van der Waals surface area contributed by atoms with E-state index >= 15 is 0 Å². The Morgan fingerprint density at radius 1 is 1.32 bits per heavy atom. The fourth-order valence-electron chi connectivity index (χ4n) is 2.41. The second-order valence-corrected chi connectivity index (χ2v) is 5.14. The van der Waals surface area contributed by atoms with Gasteiger partial charge in [-0.15, -0.1) is 12.4 Å². The zero-order chi connectivity index (χ0) is 13.4. The van der Waals surface area contributed by atoms with Gasteiger partial charge in [0, 0.05) is 19.7 Å². The standard InChI is InChI=1S/C14H28N2O2.ClH/c1-3-6-13(15)14(17)16-9-5-7-12(8-10-16)18-11-4-2;/h12-13H,3-11,15H2,1-2H3;1H. The predicted molar refractivity (Wildman–Crippen MR) is 80.6 cm³/mol. The van der Waals surface area contributed by atoms with E-state index in [-0.39, 0.29) is 24.4 Å². The minimum atomic E-state index is -0.317. The first kappa shape index (κ1) is 18.7. The molecule has 1 rings (SSSR count). The van der Waals surface area contributed by atoms with E-state index in [0.717, 1.165) is 58.2 Å². The Morgan fingerprint density at radius 3 is 2.68 bits per heavy atom. The van der Waals surface area contributed by atoms with Crippen LogP contribution in [0.1, 0.15) is 52.4 Å². The van der Waals surface area contributed by atoms with Gasteiger partial charge in [0.1, 0.15) is 0 Å². The third kappa shape index (κ3) is 6.59. The number of nitrogens with zero attached hydrogens (tertiary/aromatic N) is 1. The highest BCUT2D eigenvalue weighted by Gasteiger charge is 2.24. The number of hydrogen-bond acceptors (Lipinski definition) is 3. The van der Waals surface area contributed by atoms with Gasteiger partial charge in [0.25, 0.3) is 0 Å². The molecule has 2 unspecified atom stereocenters. The van der Waals surface area contributed by atoms with Crippen LogP contribution >= 0.6 is 12.4 Å². The summed E-state index contributed by atoms with van der Waals surface area (Å²) in [6, 6.07) is -0.317. The lowest BCUT2D eigenvalue weighted by atomic mass is 10.1. The molecule has 1 heterocycles. The van der Waals surface area contributed by atoms with Crippen LogP contribution in [0.5, 0.6) is 0 Å². The van der Waals surface area contributed by atoms with Gasteiger partial charge in [-0.2, -0.15) is 0 Å². The monoisotopic (exact) mass is 292 g/mol. The van der Waals surface area contributed by atoms with Crippen molar-refractivity contribution in [3.05, 3.63) is 0 Å². The predicted octanol–water partition coefficient (Wildman–Crippen LogP) is 2.34. The highest BCUT2D eigenvalue weighted by Crippen LogP contribution is 2.15. The van der Waals surface area contributed by atoms with Crippen molar-refractivity contribution in [1.29, 1.82) is 0 Å². The molecule has 0 spiro atoms. The van der Waals surface area contributed by atoms with Crippen molar-refractivity contribution in [1.82, 2.24) is 4.90 Å². The average molecular weight is 293 g/mol. The van der Waals surface area contributed by atoms with E-state index in [1.807, 2.05) is 4.90 Å². The molecule has 0 aromatic carbocycles. The van der Waals surface area contributed by atoms with Crippen LogP contribution in [-0.2, 0) is 9.53 Å². The average Bonchev–Trinajstić information content (AvgIpc) is 2.61. The molecule has 0 saturated carbocycles. The van der Waals surface area contributed by atoms with E-state index in [1.165, 1.54) is 0 Å². The lowest BCUT2D eigenvalue weighted by molar-refractivity contribution is -0.132. The van der Waals surface area contributed by atoms with Gasteiger partial charge < -0.3 is 15.4 Å². The van der Waals surface area contributed by atoms with Crippen molar-refractivity contribution in [2.75, 3.05) is 19.7 Å². The highest BCUT2D eigenvalue weighted by atomic mass is 35.5. The number of likely N-dealkylation sites (tertiary alicyclic amines) is 1. The molecule has 0 aromatic rings. The lowest BCUT2D eigenvalue weighted by Crippen LogP contribution is -2.44. The Labute approximate surface area is 123 Å². The molecule has 0 radical (unpaired) electrons. The molecule has 1 amide bonds. The van der Waals surface area contributed by atoms with E-state index in [4.69, 9.17) is 10.5 Å². The molecule has 1 fully saturated rings. The molecule has 114 valence electrons. The van der Waals surface area contributed by atoms with Crippen molar-refractivity contribution < 1.29 is 9.53 Å². The Kier molecular flexibility index (Phi) is 10.3. The summed E-state index contributed by atoms with van der Waals surface area (Å²) in [5.74, 6) is 0.119. The van der Waals surface area contributed by atoms with Crippen LogP contribution in [0.4, 0.5) is 0 Å². The quantitative estimate of drug-likeness (QED) is 0.817. The number of hydrogen-bond donors (Lipinski definition) is 1. The summed E-state index contributed by atoms with van der Waals surface area (Å²) in [4.78, 5) is 14.0. The normalized spacial score (nSPS) is 21.4. The summed E-state index contributed by atoms with van der Waals surface area (Å²) < 4.78 is 5.78. The summed E-state index contributed by atoms with van der Waals surface area (Å²) in [7, 11) is 0. The number of nitrogens with two attached hydrogens (primary N) is 1. The summed E-state index contributed by atoms with van der Waals surface area (Å²) in [6.07, 6.45) is 6.16. The van der Waals surface area contributed by atoms with E-state index in [9.17, 15) is 4.79 Å². The number of ether oxygens (including phenoxy) is 1. The van der Waals surface area contributed by atoms with Gasteiger partial charge in [-0.1, -0.05) is 20.3 Å². The first-order valence-corrected chi connectivity index (χ1v) is 7.35. The van der Waals surface area contributed by atoms with Crippen molar-refractivity contribution in [2.24, 2.45) is 5.73 Å². The second-order valence-electron chi connectivity index (χ2n) is 5.14. The molecule has 1 aliphatic heterocycles. The highest BCUT2D eigenvalue weighted by molar-refractivity contribution is 5.85. The van der Waals surface area contributed by atoms with E-state index in [1.54, 1.807) is 0 Å². The van der Waals surface area contributed by atoms with Gasteiger partial charge in [-0.05, 0) is 32.1 Å². The van der Waals surface area contributed by atoms with E-state index in [2.05, 4.69) is 13.8 Å². The Balaban J connectivity index is 0.00000324. The SMILES string of the molecule is CCCOC1CCCN(C(=O)C(N)CCC)CC1.Cl. The number of rotatable bonds is 6. The van der Waals surface area contributed by atoms with Crippen LogP contribution in [0.15, 0.2) is 0 Å². The molecule has 0 aliphatic carbocycles. The molecule has 2 atom stereocenters. The van der Waals surface area contributed by atoms with Crippen LogP contribution < -0.4 is 5.73 Å².